The van der Waals surface area contributed by atoms with E-state index in [1.165, 1.54) is 13.8 Å². The first-order valence-corrected chi connectivity index (χ1v) is 14.3. The van der Waals surface area contributed by atoms with Gasteiger partial charge in [0.2, 0.25) is 5.78 Å². The number of carbonyl (C=O) groups excluding carboxylic acids is 4. The Hall–Kier alpha value is -3.00. The van der Waals surface area contributed by atoms with Gasteiger partial charge in [0.05, 0.1) is 18.9 Å². The molecule has 0 bridgehead atoms. The monoisotopic (exact) mass is 552 g/mol. The zero-order chi connectivity index (χ0) is 29.0. The molecule has 1 aromatic rings. The fourth-order valence-electron chi connectivity index (χ4n) is 7.55. The van der Waals surface area contributed by atoms with Crippen molar-refractivity contribution in [3.8, 4) is 0 Å². The minimum Gasteiger partial charge on any atom is -0.461 e. The van der Waals surface area contributed by atoms with Crippen LogP contribution in [0.4, 0.5) is 0 Å². The molecule has 0 aromatic heterocycles. The van der Waals surface area contributed by atoms with Crippen LogP contribution in [0.1, 0.15) is 66.4 Å². The molecule has 1 spiro atoms. The van der Waals surface area contributed by atoms with Crippen molar-refractivity contribution in [2.24, 2.45) is 29.1 Å². The van der Waals surface area contributed by atoms with Gasteiger partial charge in [-0.15, -0.1) is 0 Å². The van der Waals surface area contributed by atoms with Crippen LogP contribution >= 0.6 is 0 Å². The number of ether oxygens (including phenoxy) is 4. The van der Waals surface area contributed by atoms with Crippen molar-refractivity contribution in [2.45, 2.75) is 90.6 Å². The van der Waals surface area contributed by atoms with E-state index in [0.29, 0.717) is 24.5 Å². The molecule has 1 heterocycles. The van der Waals surface area contributed by atoms with Gasteiger partial charge in [0.25, 0.3) is 0 Å². The maximum Gasteiger partial charge on any atom is 0.310 e. The van der Waals surface area contributed by atoms with E-state index in [1.54, 1.807) is 6.92 Å². The number of epoxide rings is 1. The molecule has 4 aliphatic rings. The number of ketones is 1. The SMILES string of the molecule is CC(=O)O[C@H]1[C@H]2[C@@H](OC(=O)Cc3ccccc3)[C@@H](C)C[C@]2(OC(C)=O)C(=O)/C(C)=C\[C@@H]2[C@H](CC[C@@]13CO3)C2(C)C. The maximum absolute atomic E-state index is 14.5. The number of allylic oxidation sites excluding steroid dienone is 1. The van der Waals surface area contributed by atoms with Crippen LogP contribution < -0.4 is 0 Å². The van der Waals surface area contributed by atoms with Gasteiger partial charge in [0, 0.05) is 20.3 Å². The van der Waals surface area contributed by atoms with Crippen LogP contribution in [-0.4, -0.2) is 53.7 Å². The second-order valence-corrected chi connectivity index (χ2v) is 12.9. The van der Waals surface area contributed by atoms with Crippen LogP contribution in [0.5, 0.6) is 0 Å². The number of rotatable bonds is 5. The van der Waals surface area contributed by atoms with Crippen LogP contribution in [0, 0.1) is 29.1 Å². The molecule has 1 aliphatic heterocycles. The first-order chi connectivity index (χ1) is 18.8. The van der Waals surface area contributed by atoms with E-state index in [2.05, 4.69) is 13.8 Å². The molecule has 216 valence electrons. The smallest absolute Gasteiger partial charge is 0.310 e. The van der Waals surface area contributed by atoms with Crippen LogP contribution in [-0.2, 0) is 44.5 Å². The first-order valence-electron chi connectivity index (χ1n) is 14.3. The molecule has 5 rings (SSSR count). The molecule has 40 heavy (non-hydrogen) atoms. The molecular weight excluding hydrogens is 512 g/mol. The van der Waals surface area contributed by atoms with E-state index in [4.69, 9.17) is 18.9 Å². The van der Waals surface area contributed by atoms with Gasteiger partial charge in [0.15, 0.2) is 5.60 Å². The molecule has 2 saturated carbocycles. The van der Waals surface area contributed by atoms with Gasteiger partial charge in [0.1, 0.15) is 17.8 Å². The minimum absolute atomic E-state index is 0.0141. The van der Waals surface area contributed by atoms with Crippen molar-refractivity contribution in [1.29, 1.82) is 0 Å². The maximum atomic E-state index is 14.5. The summed E-state index contributed by atoms with van der Waals surface area (Å²) in [6, 6.07) is 9.25. The van der Waals surface area contributed by atoms with E-state index in [-0.39, 0.29) is 35.9 Å². The molecule has 0 N–H and O–H groups in total. The lowest BCUT2D eigenvalue weighted by molar-refractivity contribution is -0.190. The molecule has 0 radical (unpaired) electrons. The number of Topliss-reactive ketones (excluding diaryl/α,β-unsaturated/α-hetero) is 1. The lowest BCUT2D eigenvalue weighted by atomic mass is 9.74. The molecule has 0 unspecified atom stereocenters. The van der Waals surface area contributed by atoms with E-state index in [0.717, 1.165) is 12.0 Å². The third-order valence-corrected chi connectivity index (χ3v) is 9.71. The largest absolute Gasteiger partial charge is 0.461 e. The zero-order valence-corrected chi connectivity index (χ0v) is 24.2. The fourth-order valence-corrected chi connectivity index (χ4v) is 7.55. The Balaban J connectivity index is 1.61. The van der Waals surface area contributed by atoms with Gasteiger partial charge in [-0.2, -0.15) is 0 Å². The molecule has 0 amide bonds. The van der Waals surface area contributed by atoms with Crippen molar-refractivity contribution >= 4 is 23.7 Å². The van der Waals surface area contributed by atoms with Crippen molar-refractivity contribution < 1.29 is 38.1 Å². The number of hydrogen-bond acceptors (Lipinski definition) is 8. The van der Waals surface area contributed by atoms with Crippen LogP contribution in [0.3, 0.4) is 0 Å². The molecule has 3 fully saturated rings. The van der Waals surface area contributed by atoms with Crippen LogP contribution in [0.2, 0.25) is 0 Å². The van der Waals surface area contributed by atoms with E-state index < -0.39 is 47.2 Å². The third kappa shape index (κ3) is 5.00. The summed E-state index contributed by atoms with van der Waals surface area (Å²) in [6.45, 7) is 11.0. The van der Waals surface area contributed by atoms with Crippen molar-refractivity contribution in [2.75, 3.05) is 6.61 Å². The molecule has 8 atom stereocenters. The Morgan fingerprint density at radius 2 is 1.73 bits per heavy atom. The average molecular weight is 553 g/mol. The lowest BCUT2D eigenvalue weighted by Crippen LogP contribution is -2.58. The molecule has 8 nitrogen and oxygen atoms in total. The second-order valence-electron chi connectivity index (χ2n) is 12.9. The minimum atomic E-state index is -1.68. The summed E-state index contributed by atoms with van der Waals surface area (Å²) in [4.78, 5) is 52.9. The number of esters is 3. The molecular formula is C32H40O8. The highest BCUT2D eigenvalue weighted by molar-refractivity contribution is 6.03. The summed E-state index contributed by atoms with van der Waals surface area (Å²) >= 11 is 0. The summed E-state index contributed by atoms with van der Waals surface area (Å²) in [5, 5.41) is 0. The molecule has 1 aromatic carbocycles. The highest BCUT2D eigenvalue weighted by Gasteiger charge is 2.71. The van der Waals surface area contributed by atoms with Crippen LogP contribution in [0.15, 0.2) is 42.0 Å². The first kappa shape index (κ1) is 28.5. The summed E-state index contributed by atoms with van der Waals surface area (Å²) in [5.74, 6) is -2.72. The second kappa shape index (κ2) is 10.1. The molecule has 8 heteroatoms. The number of hydrogen-bond donors (Lipinski definition) is 0. The Morgan fingerprint density at radius 1 is 1.05 bits per heavy atom. The molecule has 3 aliphatic carbocycles. The lowest BCUT2D eigenvalue weighted by Gasteiger charge is -2.41. The average Bonchev–Trinajstić information content (AvgIpc) is 3.73. The van der Waals surface area contributed by atoms with Crippen molar-refractivity contribution in [3.63, 3.8) is 0 Å². The Labute approximate surface area is 235 Å². The zero-order valence-electron chi connectivity index (χ0n) is 24.2. The Kier molecular flexibility index (Phi) is 7.22. The number of carbonyl (C=O) groups is 4. The number of benzene rings is 1. The van der Waals surface area contributed by atoms with E-state index in [1.807, 2.05) is 43.3 Å². The Bertz CT molecular complexity index is 1230. The predicted octanol–water partition coefficient (Wildman–Crippen LogP) is 4.38. The summed E-state index contributed by atoms with van der Waals surface area (Å²) in [6.07, 6.45) is 1.85. The number of fused-ring (bicyclic) bond motifs is 2. The van der Waals surface area contributed by atoms with Gasteiger partial charge >= 0.3 is 17.9 Å². The third-order valence-electron chi connectivity index (χ3n) is 9.71. The summed E-state index contributed by atoms with van der Waals surface area (Å²) in [7, 11) is 0. The predicted molar refractivity (Wildman–Crippen MR) is 145 cm³/mol. The van der Waals surface area contributed by atoms with Gasteiger partial charge in [-0.25, -0.2) is 0 Å². The summed E-state index contributed by atoms with van der Waals surface area (Å²) < 4.78 is 24.2. The van der Waals surface area contributed by atoms with Crippen molar-refractivity contribution in [1.82, 2.24) is 0 Å². The highest BCUT2D eigenvalue weighted by Crippen LogP contribution is 2.64. The normalized spacial score (nSPS) is 39.0. The standard InChI is InChI=1S/C32H40O8/c1-18-14-24-23(30(24,5)6)12-13-31(17-37-31)29(38-20(3)33)26-27(39-25(35)15-22-10-8-7-9-11-22)19(2)16-32(26,28(18)36)40-21(4)34/h7-11,14,19,23-24,26-27,29H,12-13,15-17H2,1-6H3/b18-14-/t19-,23-,24+,26+,27-,29-,31+,32+/m0/s1. The topological polar surface area (TPSA) is 108 Å². The van der Waals surface area contributed by atoms with Gasteiger partial charge in [-0.05, 0) is 54.1 Å². The Morgan fingerprint density at radius 3 is 2.33 bits per heavy atom. The van der Waals surface area contributed by atoms with Crippen molar-refractivity contribution in [3.05, 3.63) is 47.5 Å². The van der Waals surface area contributed by atoms with Gasteiger partial charge in [-0.1, -0.05) is 57.2 Å². The molecule has 1 saturated heterocycles. The van der Waals surface area contributed by atoms with Gasteiger partial charge in [-0.3, -0.25) is 19.2 Å². The fraction of sp³-hybridized carbons (Fsp3) is 0.625. The van der Waals surface area contributed by atoms with Crippen LogP contribution in [0.25, 0.3) is 0 Å². The van der Waals surface area contributed by atoms with E-state index >= 15 is 0 Å². The van der Waals surface area contributed by atoms with Gasteiger partial charge < -0.3 is 18.9 Å². The summed E-state index contributed by atoms with van der Waals surface area (Å²) in [5.41, 5.74) is -1.22. The highest BCUT2D eigenvalue weighted by atomic mass is 16.6. The van der Waals surface area contributed by atoms with E-state index in [9.17, 15) is 19.2 Å². The quantitative estimate of drug-likeness (QED) is 0.301.